The molecular formula is C12H17BrN2O3. The molecule has 0 saturated carbocycles. The zero-order valence-electron chi connectivity index (χ0n) is 10.2. The van der Waals surface area contributed by atoms with E-state index in [0.717, 1.165) is 10.0 Å². The predicted octanol–water partition coefficient (Wildman–Crippen LogP) is 1.05. The molecule has 0 fully saturated rings. The number of nitrogens with two attached hydrogens (primary N) is 1. The summed E-state index contributed by atoms with van der Waals surface area (Å²) in [5, 5.41) is 2.67. The Kier molecular flexibility index (Phi) is 6.70. The molecule has 0 atom stereocenters. The lowest BCUT2D eigenvalue weighted by Gasteiger charge is -2.09. The van der Waals surface area contributed by atoms with Crippen molar-refractivity contribution < 1.29 is 14.3 Å². The van der Waals surface area contributed by atoms with Crippen molar-refractivity contribution >= 4 is 21.8 Å². The molecule has 0 heterocycles. The van der Waals surface area contributed by atoms with E-state index >= 15 is 0 Å². The number of nitrogens with one attached hydrogen (secondary N) is 1. The van der Waals surface area contributed by atoms with Crippen LogP contribution in [0.15, 0.2) is 22.7 Å². The third kappa shape index (κ3) is 5.03. The third-order valence-corrected chi connectivity index (χ3v) is 2.84. The van der Waals surface area contributed by atoms with Crippen LogP contribution in [0.3, 0.4) is 0 Å². The second-order valence-corrected chi connectivity index (χ2v) is 4.45. The van der Waals surface area contributed by atoms with Crippen molar-refractivity contribution in [3.63, 3.8) is 0 Å². The SMILES string of the molecule is COCCNC(=O)COc1ccc(CN)cc1Br. The molecule has 0 aliphatic rings. The molecule has 0 aliphatic carbocycles. The van der Waals surface area contributed by atoms with Crippen LogP contribution < -0.4 is 15.8 Å². The number of hydrogen-bond donors (Lipinski definition) is 2. The molecule has 1 rings (SSSR count). The molecule has 0 aliphatic heterocycles. The number of carbonyl (C=O) groups is 1. The normalized spacial score (nSPS) is 10.2. The lowest BCUT2D eigenvalue weighted by Crippen LogP contribution is -2.31. The maximum Gasteiger partial charge on any atom is 0.258 e. The standard InChI is InChI=1S/C12H17BrN2O3/c1-17-5-4-15-12(16)8-18-11-3-2-9(7-14)6-10(11)13/h2-3,6H,4-5,7-8,14H2,1H3,(H,15,16). The number of rotatable bonds is 7. The summed E-state index contributed by atoms with van der Waals surface area (Å²) in [6, 6.07) is 5.52. The monoisotopic (exact) mass is 316 g/mol. The Bertz CT molecular complexity index is 399. The van der Waals surface area contributed by atoms with E-state index in [-0.39, 0.29) is 12.5 Å². The molecule has 6 heteroatoms. The molecule has 3 N–H and O–H groups in total. The van der Waals surface area contributed by atoms with Gasteiger partial charge >= 0.3 is 0 Å². The number of methoxy groups -OCH3 is 1. The third-order valence-electron chi connectivity index (χ3n) is 2.22. The van der Waals surface area contributed by atoms with Crippen LogP contribution >= 0.6 is 15.9 Å². The molecule has 0 saturated heterocycles. The van der Waals surface area contributed by atoms with E-state index in [1.807, 2.05) is 12.1 Å². The minimum absolute atomic E-state index is 0.0235. The van der Waals surface area contributed by atoms with E-state index in [0.29, 0.717) is 25.4 Å². The van der Waals surface area contributed by atoms with E-state index in [2.05, 4.69) is 21.2 Å². The Hall–Kier alpha value is -1.11. The first-order valence-electron chi connectivity index (χ1n) is 5.54. The summed E-state index contributed by atoms with van der Waals surface area (Å²) in [5.41, 5.74) is 6.52. The number of carbonyl (C=O) groups excluding carboxylic acids is 1. The molecular weight excluding hydrogens is 300 g/mol. The Balaban J connectivity index is 2.41. The first kappa shape index (κ1) is 14.9. The fourth-order valence-electron chi connectivity index (χ4n) is 1.28. The summed E-state index contributed by atoms with van der Waals surface area (Å²) < 4.78 is 11.0. The van der Waals surface area contributed by atoms with Gasteiger partial charge in [-0.3, -0.25) is 4.79 Å². The number of hydrogen-bond acceptors (Lipinski definition) is 4. The zero-order chi connectivity index (χ0) is 13.4. The lowest BCUT2D eigenvalue weighted by molar-refractivity contribution is -0.123. The molecule has 0 unspecified atom stereocenters. The zero-order valence-corrected chi connectivity index (χ0v) is 11.8. The van der Waals surface area contributed by atoms with Crippen LogP contribution in [0.5, 0.6) is 5.75 Å². The van der Waals surface area contributed by atoms with Gasteiger partial charge < -0.3 is 20.5 Å². The molecule has 5 nitrogen and oxygen atoms in total. The highest BCUT2D eigenvalue weighted by molar-refractivity contribution is 9.10. The van der Waals surface area contributed by atoms with Gasteiger partial charge in [0.1, 0.15) is 5.75 Å². The molecule has 0 radical (unpaired) electrons. The summed E-state index contributed by atoms with van der Waals surface area (Å²) in [6.45, 7) is 1.41. The van der Waals surface area contributed by atoms with E-state index in [1.165, 1.54) is 0 Å². The van der Waals surface area contributed by atoms with Crippen molar-refractivity contribution in [2.24, 2.45) is 5.73 Å². The molecule has 100 valence electrons. The lowest BCUT2D eigenvalue weighted by atomic mass is 10.2. The van der Waals surface area contributed by atoms with E-state index in [1.54, 1.807) is 13.2 Å². The minimum atomic E-state index is -0.179. The smallest absolute Gasteiger partial charge is 0.258 e. The minimum Gasteiger partial charge on any atom is -0.483 e. The Morgan fingerprint density at radius 3 is 2.89 bits per heavy atom. The van der Waals surface area contributed by atoms with Gasteiger partial charge in [-0.2, -0.15) is 0 Å². The van der Waals surface area contributed by atoms with Crippen LogP contribution in [0, 0.1) is 0 Å². The molecule has 0 bridgehead atoms. The summed E-state index contributed by atoms with van der Waals surface area (Å²) in [6.07, 6.45) is 0. The van der Waals surface area contributed by atoms with E-state index < -0.39 is 0 Å². The van der Waals surface area contributed by atoms with Crippen molar-refractivity contribution in [2.45, 2.75) is 6.54 Å². The second kappa shape index (κ2) is 8.07. The van der Waals surface area contributed by atoms with Gasteiger partial charge in [0.05, 0.1) is 11.1 Å². The average Bonchev–Trinajstić information content (AvgIpc) is 2.37. The summed E-state index contributed by atoms with van der Waals surface area (Å²) in [5.74, 6) is 0.441. The molecule has 1 amide bonds. The van der Waals surface area contributed by atoms with Gasteiger partial charge in [-0.05, 0) is 33.6 Å². The van der Waals surface area contributed by atoms with Crippen molar-refractivity contribution in [3.05, 3.63) is 28.2 Å². The highest BCUT2D eigenvalue weighted by atomic mass is 79.9. The second-order valence-electron chi connectivity index (χ2n) is 3.60. The van der Waals surface area contributed by atoms with Crippen LogP contribution in [0.2, 0.25) is 0 Å². The fraction of sp³-hybridized carbons (Fsp3) is 0.417. The molecule has 0 aromatic heterocycles. The van der Waals surface area contributed by atoms with Gasteiger partial charge in [0.15, 0.2) is 6.61 Å². The number of benzene rings is 1. The van der Waals surface area contributed by atoms with E-state index in [4.69, 9.17) is 15.2 Å². The van der Waals surface area contributed by atoms with Crippen LogP contribution in [0.4, 0.5) is 0 Å². The number of amides is 1. The maximum absolute atomic E-state index is 11.4. The summed E-state index contributed by atoms with van der Waals surface area (Å²) >= 11 is 3.37. The largest absolute Gasteiger partial charge is 0.483 e. The van der Waals surface area contributed by atoms with Gasteiger partial charge in [-0.1, -0.05) is 6.07 Å². The van der Waals surface area contributed by atoms with Gasteiger partial charge in [-0.25, -0.2) is 0 Å². The van der Waals surface area contributed by atoms with E-state index in [9.17, 15) is 4.79 Å². The summed E-state index contributed by atoms with van der Waals surface area (Å²) in [4.78, 5) is 11.4. The molecule has 0 spiro atoms. The van der Waals surface area contributed by atoms with Crippen LogP contribution in [0.25, 0.3) is 0 Å². The molecule has 18 heavy (non-hydrogen) atoms. The summed E-state index contributed by atoms with van der Waals surface area (Å²) in [7, 11) is 1.58. The van der Waals surface area contributed by atoms with Crippen molar-refractivity contribution in [2.75, 3.05) is 26.9 Å². The number of ether oxygens (including phenoxy) is 2. The maximum atomic E-state index is 11.4. The predicted molar refractivity (Wildman–Crippen MR) is 72.4 cm³/mol. The van der Waals surface area contributed by atoms with Gasteiger partial charge in [0.2, 0.25) is 0 Å². The number of halogens is 1. The molecule has 1 aromatic rings. The first-order chi connectivity index (χ1) is 8.67. The first-order valence-corrected chi connectivity index (χ1v) is 6.33. The Morgan fingerprint density at radius 1 is 1.50 bits per heavy atom. The van der Waals surface area contributed by atoms with Crippen molar-refractivity contribution in [3.8, 4) is 5.75 Å². The van der Waals surface area contributed by atoms with Gasteiger partial charge in [-0.15, -0.1) is 0 Å². The van der Waals surface area contributed by atoms with Gasteiger partial charge in [0, 0.05) is 20.2 Å². The van der Waals surface area contributed by atoms with Crippen LogP contribution in [0.1, 0.15) is 5.56 Å². The fourth-order valence-corrected chi connectivity index (χ4v) is 1.82. The quantitative estimate of drug-likeness (QED) is 0.737. The van der Waals surface area contributed by atoms with Crippen molar-refractivity contribution in [1.29, 1.82) is 0 Å². The van der Waals surface area contributed by atoms with Gasteiger partial charge in [0.25, 0.3) is 5.91 Å². The average molecular weight is 317 g/mol. The van der Waals surface area contributed by atoms with Crippen LogP contribution in [-0.2, 0) is 16.1 Å². The highest BCUT2D eigenvalue weighted by Crippen LogP contribution is 2.25. The highest BCUT2D eigenvalue weighted by Gasteiger charge is 2.05. The van der Waals surface area contributed by atoms with Crippen LogP contribution in [-0.4, -0.2) is 32.8 Å². The Morgan fingerprint density at radius 2 is 2.28 bits per heavy atom. The topological polar surface area (TPSA) is 73.6 Å². The Labute approximate surface area is 115 Å². The molecule has 1 aromatic carbocycles. The van der Waals surface area contributed by atoms with Crippen molar-refractivity contribution in [1.82, 2.24) is 5.32 Å².